The molecule has 0 fully saturated rings. The minimum Gasteiger partial charge on any atom is -0.496 e. The van der Waals surface area contributed by atoms with Crippen LogP contribution in [0.3, 0.4) is 0 Å². The van der Waals surface area contributed by atoms with E-state index >= 15 is 0 Å². The maximum atomic E-state index is 12.0. The van der Waals surface area contributed by atoms with Gasteiger partial charge in [-0.3, -0.25) is 4.79 Å². The first-order chi connectivity index (χ1) is 10.6. The molecule has 0 saturated carbocycles. The molecular formula is C15H19N3O2S2. The van der Waals surface area contributed by atoms with E-state index in [1.807, 2.05) is 25.1 Å². The van der Waals surface area contributed by atoms with Crippen LogP contribution in [-0.2, 0) is 11.2 Å². The van der Waals surface area contributed by atoms with Crippen LogP contribution in [0.4, 0.5) is 5.13 Å². The van der Waals surface area contributed by atoms with E-state index in [2.05, 4.69) is 22.4 Å². The number of carbonyl (C=O) groups excluding carboxylic acids is 1. The number of nitrogens with one attached hydrogen (secondary N) is 1. The normalized spacial score (nSPS) is 10.5. The van der Waals surface area contributed by atoms with Crippen molar-refractivity contribution in [2.45, 2.75) is 31.0 Å². The smallest absolute Gasteiger partial charge is 0.226 e. The third-order valence-electron chi connectivity index (χ3n) is 3.02. The summed E-state index contributed by atoms with van der Waals surface area (Å²) in [5, 5.41) is 11.3. The summed E-state index contributed by atoms with van der Waals surface area (Å²) in [7, 11) is 1.66. The van der Waals surface area contributed by atoms with E-state index in [9.17, 15) is 4.79 Å². The largest absolute Gasteiger partial charge is 0.496 e. The van der Waals surface area contributed by atoms with Gasteiger partial charge in [0.1, 0.15) is 5.75 Å². The number of benzene rings is 1. The number of carbonyl (C=O) groups is 1. The zero-order valence-electron chi connectivity index (χ0n) is 12.9. The van der Waals surface area contributed by atoms with Gasteiger partial charge in [-0.15, -0.1) is 10.2 Å². The Kier molecular flexibility index (Phi) is 6.21. The molecule has 0 radical (unpaired) electrons. The van der Waals surface area contributed by atoms with Crippen LogP contribution in [0, 0.1) is 6.92 Å². The van der Waals surface area contributed by atoms with Crippen molar-refractivity contribution in [1.29, 1.82) is 0 Å². The van der Waals surface area contributed by atoms with Crippen molar-refractivity contribution in [2.75, 3.05) is 18.2 Å². The molecule has 0 spiro atoms. The summed E-state index contributed by atoms with van der Waals surface area (Å²) >= 11 is 3.03. The van der Waals surface area contributed by atoms with E-state index in [0.29, 0.717) is 18.0 Å². The number of thioether (sulfide) groups is 1. The van der Waals surface area contributed by atoms with Gasteiger partial charge >= 0.3 is 0 Å². The fourth-order valence-electron chi connectivity index (χ4n) is 1.98. The van der Waals surface area contributed by atoms with Crippen LogP contribution in [0.25, 0.3) is 0 Å². The maximum Gasteiger partial charge on any atom is 0.226 e. The molecule has 1 aromatic carbocycles. The molecule has 0 unspecified atom stereocenters. The van der Waals surface area contributed by atoms with Gasteiger partial charge in [0.2, 0.25) is 11.0 Å². The molecule has 5 nitrogen and oxygen atoms in total. The Morgan fingerprint density at radius 1 is 1.41 bits per heavy atom. The van der Waals surface area contributed by atoms with Crippen LogP contribution in [0.1, 0.15) is 24.5 Å². The second-order valence-corrected chi connectivity index (χ2v) is 7.15. The summed E-state index contributed by atoms with van der Waals surface area (Å²) in [4.78, 5) is 12.0. The Bertz CT molecular complexity index is 643. The van der Waals surface area contributed by atoms with Gasteiger partial charge in [0.15, 0.2) is 4.34 Å². The highest BCUT2D eigenvalue weighted by atomic mass is 32.2. The van der Waals surface area contributed by atoms with Gasteiger partial charge in [-0.1, -0.05) is 42.2 Å². The van der Waals surface area contributed by atoms with Gasteiger partial charge in [0, 0.05) is 6.42 Å². The summed E-state index contributed by atoms with van der Waals surface area (Å²) < 4.78 is 6.11. The number of rotatable bonds is 7. The lowest BCUT2D eigenvalue weighted by molar-refractivity contribution is -0.116. The monoisotopic (exact) mass is 337 g/mol. The molecule has 0 aliphatic carbocycles. The molecule has 1 amide bonds. The van der Waals surface area contributed by atoms with Crippen molar-refractivity contribution in [1.82, 2.24) is 10.2 Å². The third kappa shape index (κ3) is 4.71. The molecule has 0 saturated heterocycles. The van der Waals surface area contributed by atoms with Gasteiger partial charge < -0.3 is 10.1 Å². The van der Waals surface area contributed by atoms with E-state index in [4.69, 9.17) is 4.74 Å². The number of anilines is 1. The zero-order chi connectivity index (χ0) is 15.9. The maximum absolute atomic E-state index is 12.0. The van der Waals surface area contributed by atoms with Gasteiger partial charge in [-0.05, 0) is 36.3 Å². The van der Waals surface area contributed by atoms with E-state index < -0.39 is 0 Å². The second kappa shape index (κ2) is 8.14. The van der Waals surface area contributed by atoms with Crippen molar-refractivity contribution in [3.8, 4) is 5.75 Å². The number of hydrogen-bond donors (Lipinski definition) is 1. The van der Waals surface area contributed by atoms with E-state index in [1.54, 1.807) is 18.9 Å². The van der Waals surface area contributed by atoms with Crippen LogP contribution < -0.4 is 10.1 Å². The molecular weight excluding hydrogens is 318 g/mol. The van der Waals surface area contributed by atoms with Crippen molar-refractivity contribution in [2.24, 2.45) is 0 Å². The quantitative estimate of drug-likeness (QED) is 0.618. The van der Waals surface area contributed by atoms with Crippen LogP contribution in [0.2, 0.25) is 0 Å². The highest BCUT2D eigenvalue weighted by Crippen LogP contribution is 2.25. The molecule has 7 heteroatoms. The molecule has 22 heavy (non-hydrogen) atoms. The molecule has 2 rings (SSSR count). The molecule has 2 aromatic rings. The van der Waals surface area contributed by atoms with E-state index in [0.717, 1.165) is 27.0 Å². The molecule has 1 heterocycles. The number of amides is 1. The Morgan fingerprint density at radius 3 is 2.91 bits per heavy atom. The summed E-state index contributed by atoms with van der Waals surface area (Å²) in [6.07, 6.45) is 1.10. The average molecular weight is 337 g/mol. The summed E-state index contributed by atoms with van der Waals surface area (Å²) in [6, 6.07) is 5.97. The van der Waals surface area contributed by atoms with Gasteiger partial charge in [0.25, 0.3) is 0 Å². The number of methoxy groups -OCH3 is 1. The van der Waals surface area contributed by atoms with Crippen LogP contribution >= 0.6 is 23.1 Å². The first kappa shape index (κ1) is 16.8. The minimum atomic E-state index is -0.0438. The van der Waals surface area contributed by atoms with Crippen LogP contribution in [-0.4, -0.2) is 29.0 Å². The van der Waals surface area contributed by atoms with E-state index in [-0.39, 0.29) is 5.91 Å². The molecule has 0 bridgehead atoms. The van der Waals surface area contributed by atoms with Crippen molar-refractivity contribution < 1.29 is 9.53 Å². The average Bonchev–Trinajstić information content (AvgIpc) is 2.93. The Labute approximate surface area is 138 Å². The lowest BCUT2D eigenvalue weighted by Gasteiger charge is -2.07. The fourth-order valence-corrected chi connectivity index (χ4v) is 3.64. The van der Waals surface area contributed by atoms with Crippen LogP contribution in [0.15, 0.2) is 22.5 Å². The highest BCUT2D eigenvalue weighted by molar-refractivity contribution is 8.01. The zero-order valence-corrected chi connectivity index (χ0v) is 14.5. The standard InChI is InChI=1S/C15H19N3O2S2/c1-4-21-15-18-17-14(22-15)16-13(19)8-6-11-5-7-12(20-3)10(2)9-11/h5,7,9H,4,6,8H2,1-3H3,(H,16,17,19). The van der Waals surface area contributed by atoms with Gasteiger partial charge in [0.05, 0.1) is 7.11 Å². The van der Waals surface area contributed by atoms with Crippen molar-refractivity contribution >= 4 is 34.1 Å². The van der Waals surface area contributed by atoms with Crippen molar-refractivity contribution in [3.05, 3.63) is 29.3 Å². The van der Waals surface area contributed by atoms with Crippen LogP contribution in [0.5, 0.6) is 5.75 Å². The minimum absolute atomic E-state index is 0.0438. The summed E-state index contributed by atoms with van der Waals surface area (Å²) in [5.74, 6) is 1.76. The SMILES string of the molecule is CCSc1nnc(NC(=O)CCc2ccc(OC)c(C)c2)s1. The Hall–Kier alpha value is -1.60. The number of nitrogens with zero attached hydrogens (tertiary/aromatic N) is 2. The molecule has 0 aliphatic heterocycles. The second-order valence-electron chi connectivity index (χ2n) is 4.66. The molecule has 1 N–H and O–H groups in total. The first-order valence-electron chi connectivity index (χ1n) is 7.02. The van der Waals surface area contributed by atoms with Gasteiger partial charge in [-0.25, -0.2) is 0 Å². The summed E-state index contributed by atoms with van der Waals surface area (Å²) in [6.45, 7) is 4.05. The molecule has 0 atom stereocenters. The molecule has 118 valence electrons. The summed E-state index contributed by atoms with van der Waals surface area (Å²) in [5.41, 5.74) is 2.19. The highest BCUT2D eigenvalue weighted by Gasteiger charge is 2.09. The molecule has 0 aliphatic rings. The lowest BCUT2D eigenvalue weighted by Crippen LogP contribution is -2.12. The Balaban J connectivity index is 1.85. The Morgan fingerprint density at radius 2 is 2.23 bits per heavy atom. The number of hydrogen-bond acceptors (Lipinski definition) is 6. The third-order valence-corrected chi connectivity index (χ3v) is 4.87. The topological polar surface area (TPSA) is 64.1 Å². The first-order valence-corrected chi connectivity index (χ1v) is 8.82. The van der Waals surface area contributed by atoms with Crippen molar-refractivity contribution in [3.63, 3.8) is 0 Å². The number of aromatic nitrogens is 2. The predicted octanol–water partition coefficient (Wildman–Crippen LogP) is 3.54. The number of aryl methyl sites for hydroxylation is 2. The predicted molar refractivity (Wildman–Crippen MR) is 91.0 cm³/mol. The van der Waals surface area contributed by atoms with Gasteiger partial charge in [-0.2, -0.15) is 0 Å². The van der Waals surface area contributed by atoms with E-state index in [1.165, 1.54) is 11.3 Å². The number of ether oxygens (including phenoxy) is 1. The lowest BCUT2D eigenvalue weighted by atomic mass is 10.1. The molecule has 1 aromatic heterocycles. The fraction of sp³-hybridized carbons (Fsp3) is 0.400.